The lowest BCUT2D eigenvalue weighted by Crippen LogP contribution is -2.23. The largest absolute Gasteiger partial charge is 0.385 e. The number of aromatic amines is 1. The number of halogens is 2. The quantitative estimate of drug-likeness (QED) is 0.366. The number of hydrogen-bond donors (Lipinski definition) is 3. The van der Waals surface area contributed by atoms with Gasteiger partial charge in [-0.3, -0.25) is 9.59 Å². The second-order valence-corrected chi connectivity index (χ2v) is 10.5. The number of thiophene rings is 1. The number of benzene rings is 1. The molecule has 0 fully saturated rings. The lowest BCUT2D eigenvalue weighted by Gasteiger charge is -2.21. The first-order valence-electron chi connectivity index (χ1n) is 11.6. The van der Waals surface area contributed by atoms with Gasteiger partial charge in [0.1, 0.15) is 11.2 Å². The van der Waals surface area contributed by atoms with Crippen LogP contribution in [-0.4, -0.2) is 33.7 Å². The van der Waals surface area contributed by atoms with Gasteiger partial charge in [0.25, 0.3) is 11.5 Å². The molecule has 0 bridgehead atoms. The first-order chi connectivity index (χ1) is 17.0. The Morgan fingerprint density at radius 1 is 1.25 bits per heavy atom. The zero-order valence-electron chi connectivity index (χ0n) is 20.3. The van der Waals surface area contributed by atoms with Crippen molar-refractivity contribution in [2.24, 2.45) is 7.05 Å². The summed E-state index contributed by atoms with van der Waals surface area (Å²) >= 11 is 1.36. The van der Waals surface area contributed by atoms with E-state index >= 15 is 0 Å². The average molecular weight is 513 g/mol. The SMILES string of the molecule is CCNC(=O)c1cc2c(-c3sc(C(C)(C)O)cc3N3CCc4c3ccc(F)c4F)cn(C)c(=O)c2[nH]1. The predicted octanol–water partition coefficient (Wildman–Crippen LogP) is 4.54. The number of pyridine rings is 1. The molecule has 0 spiro atoms. The average Bonchev–Trinajstić information content (AvgIpc) is 3.55. The number of H-pyrrole nitrogens is 1. The fourth-order valence-corrected chi connectivity index (χ4v) is 5.82. The Balaban J connectivity index is 1.77. The summed E-state index contributed by atoms with van der Waals surface area (Å²) in [5.74, 6) is -2.06. The third kappa shape index (κ3) is 3.81. The van der Waals surface area contributed by atoms with Gasteiger partial charge in [0.05, 0.1) is 16.2 Å². The summed E-state index contributed by atoms with van der Waals surface area (Å²) in [6.45, 7) is 6.04. The number of amides is 1. The minimum Gasteiger partial charge on any atom is -0.385 e. The fourth-order valence-electron chi connectivity index (χ4n) is 4.64. The van der Waals surface area contributed by atoms with E-state index in [0.717, 1.165) is 10.9 Å². The third-order valence-electron chi connectivity index (χ3n) is 6.45. The lowest BCUT2D eigenvalue weighted by atomic mass is 10.1. The molecule has 188 valence electrons. The smallest absolute Gasteiger partial charge is 0.274 e. The highest BCUT2D eigenvalue weighted by molar-refractivity contribution is 7.16. The molecule has 10 heteroatoms. The molecular weight excluding hydrogens is 486 g/mol. The number of fused-ring (bicyclic) bond motifs is 2. The maximum Gasteiger partial charge on any atom is 0.274 e. The van der Waals surface area contributed by atoms with Crippen molar-refractivity contribution in [3.05, 3.63) is 68.6 Å². The van der Waals surface area contributed by atoms with Crippen LogP contribution in [0.15, 0.2) is 35.3 Å². The maximum atomic E-state index is 14.5. The molecule has 0 aliphatic carbocycles. The van der Waals surface area contributed by atoms with Crippen molar-refractivity contribution in [1.29, 1.82) is 0 Å². The van der Waals surface area contributed by atoms with Crippen LogP contribution in [0.4, 0.5) is 20.2 Å². The van der Waals surface area contributed by atoms with E-state index in [-0.39, 0.29) is 22.7 Å². The van der Waals surface area contributed by atoms with Crippen molar-refractivity contribution in [3.8, 4) is 10.4 Å². The third-order valence-corrected chi connectivity index (χ3v) is 7.92. The topological polar surface area (TPSA) is 90.4 Å². The van der Waals surface area contributed by atoms with Crippen LogP contribution >= 0.6 is 11.3 Å². The second kappa shape index (κ2) is 8.56. The van der Waals surface area contributed by atoms with Crippen molar-refractivity contribution in [3.63, 3.8) is 0 Å². The molecule has 0 saturated carbocycles. The minimum atomic E-state index is -1.15. The molecule has 5 rings (SSSR count). The number of aryl methyl sites for hydroxylation is 1. The van der Waals surface area contributed by atoms with E-state index in [1.165, 1.54) is 15.9 Å². The molecule has 4 aromatic rings. The van der Waals surface area contributed by atoms with Gasteiger partial charge in [0, 0.05) is 53.4 Å². The van der Waals surface area contributed by atoms with Crippen molar-refractivity contribution in [2.75, 3.05) is 18.0 Å². The normalized spacial score (nSPS) is 13.5. The molecular formula is C26H26F2N4O3S. The summed E-state index contributed by atoms with van der Waals surface area (Å²) in [4.78, 5) is 31.7. The number of anilines is 2. The van der Waals surface area contributed by atoms with Gasteiger partial charge in [0.2, 0.25) is 0 Å². The van der Waals surface area contributed by atoms with E-state index in [0.29, 0.717) is 52.3 Å². The molecule has 1 amide bonds. The fraction of sp³-hybridized carbons (Fsp3) is 0.308. The van der Waals surface area contributed by atoms with Crippen LogP contribution in [0, 0.1) is 11.6 Å². The molecule has 0 saturated heterocycles. The van der Waals surface area contributed by atoms with Crippen LogP contribution in [0.25, 0.3) is 21.3 Å². The standard InChI is InChI=1S/C26H26F2N4O3S/c1-5-29-24(33)17-10-14-15(12-31(4)25(34)22(14)30-17)23-19(11-20(36-23)26(2,3)35)32-9-8-13-18(32)7-6-16(27)21(13)28/h6-7,10-12,30,35H,5,8-9H2,1-4H3,(H,29,33). The van der Waals surface area contributed by atoms with Crippen LogP contribution in [0.3, 0.4) is 0 Å². The summed E-state index contributed by atoms with van der Waals surface area (Å²) in [7, 11) is 1.63. The number of aliphatic hydroxyl groups is 1. The Morgan fingerprint density at radius 3 is 2.69 bits per heavy atom. The van der Waals surface area contributed by atoms with Gasteiger partial charge >= 0.3 is 0 Å². The van der Waals surface area contributed by atoms with Crippen LogP contribution < -0.4 is 15.8 Å². The molecule has 7 nitrogen and oxygen atoms in total. The molecule has 3 aromatic heterocycles. The Hall–Kier alpha value is -3.50. The number of nitrogens with zero attached hydrogens (tertiary/aromatic N) is 2. The number of nitrogens with one attached hydrogen (secondary N) is 2. The van der Waals surface area contributed by atoms with Gasteiger partial charge in [-0.25, -0.2) is 8.78 Å². The van der Waals surface area contributed by atoms with E-state index in [2.05, 4.69) is 10.3 Å². The number of aromatic nitrogens is 2. The number of carbonyl (C=O) groups excluding carboxylic acids is 1. The van der Waals surface area contributed by atoms with Crippen molar-refractivity contribution >= 4 is 39.5 Å². The molecule has 0 radical (unpaired) electrons. The highest BCUT2D eigenvalue weighted by atomic mass is 32.1. The molecule has 0 unspecified atom stereocenters. The summed E-state index contributed by atoms with van der Waals surface area (Å²) < 4.78 is 29.9. The maximum absolute atomic E-state index is 14.5. The van der Waals surface area contributed by atoms with Gasteiger partial charge in [-0.2, -0.15) is 0 Å². The van der Waals surface area contributed by atoms with E-state index in [4.69, 9.17) is 0 Å². The van der Waals surface area contributed by atoms with Crippen molar-refractivity contribution in [1.82, 2.24) is 14.9 Å². The lowest BCUT2D eigenvalue weighted by molar-refractivity contribution is 0.0825. The highest BCUT2D eigenvalue weighted by Gasteiger charge is 2.31. The molecule has 3 N–H and O–H groups in total. The Kier molecular flexibility index (Phi) is 5.76. The zero-order chi connectivity index (χ0) is 25.9. The Labute approximate surface area is 210 Å². The van der Waals surface area contributed by atoms with Gasteiger partial charge < -0.3 is 24.9 Å². The predicted molar refractivity (Wildman–Crippen MR) is 137 cm³/mol. The molecule has 1 aliphatic heterocycles. The highest BCUT2D eigenvalue weighted by Crippen LogP contribution is 2.48. The summed E-state index contributed by atoms with van der Waals surface area (Å²) in [6.07, 6.45) is 2.03. The number of carbonyl (C=O) groups is 1. The van der Waals surface area contributed by atoms with Crippen LogP contribution in [-0.2, 0) is 19.1 Å². The van der Waals surface area contributed by atoms with E-state index < -0.39 is 17.2 Å². The number of rotatable bonds is 5. The van der Waals surface area contributed by atoms with Gasteiger partial charge in [0.15, 0.2) is 11.6 Å². The minimum absolute atomic E-state index is 0.265. The summed E-state index contributed by atoms with van der Waals surface area (Å²) in [5.41, 5.74) is 1.38. The summed E-state index contributed by atoms with van der Waals surface area (Å²) in [5, 5.41) is 14.1. The van der Waals surface area contributed by atoms with E-state index in [1.54, 1.807) is 39.2 Å². The number of hydrogen-bond acceptors (Lipinski definition) is 5. The van der Waals surface area contributed by atoms with Gasteiger partial charge in [-0.15, -0.1) is 11.3 Å². The Bertz CT molecular complexity index is 1580. The first kappa shape index (κ1) is 24.2. The summed E-state index contributed by atoms with van der Waals surface area (Å²) in [6, 6.07) is 6.18. The first-order valence-corrected chi connectivity index (χ1v) is 12.4. The molecule has 4 heterocycles. The van der Waals surface area contributed by atoms with E-state index in [1.807, 2.05) is 17.9 Å². The molecule has 1 aromatic carbocycles. The van der Waals surface area contributed by atoms with Crippen LogP contribution in [0.2, 0.25) is 0 Å². The molecule has 1 aliphatic rings. The van der Waals surface area contributed by atoms with Gasteiger partial charge in [-0.1, -0.05) is 0 Å². The molecule has 0 atom stereocenters. The van der Waals surface area contributed by atoms with Crippen LogP contribution in [0.1, 0.15) is 41.7 Å². The monoisotopic (exact) mass is 512 g/mol. The zero-order valence-corrected chi connectivity index (χ0v) is 21.1. The second-order valence-electron chi connectivity index (χ2n) is 9.43. The molecule has 36 heavy (non-hydrogen) atoms. The van der Waals surface area contributed by atoms with Crippen molar-refractivity contribution in [2.45, 2.75) is 32.8 Å². The van der Waals surface area contributed by atoms with E-state index in [9.17, 15) is 23.5 Å². The Morgan fingerprint density at radius 2 is 2.00 bits per heavy atom. The van der Waals surface area contributed by atoms with Crippen molar-refractivity contribution < 1.29 is 18.7 Å². The van der Waals surface area contributed by atoms with Crippen LogP contribution in [0.5, 0.6) is 0 Å². The van der Waals surface area contributed by atoms with Gasteiger partial charge in [-0.05, 0) is 51.5 Å².